The van der Waals surface area contributed by atoms with Gasteiger partial charge < -0.3 is 5.32 Å². The molecule has 1 atom stereocenters. The van der Waals surface area contributed by atoms with E-state index < -0.39 is 9.75 Å². The van der Waals surface area contributed by atoms with Crippen LogP contribution in [-0.4, -0.2) is 10.2 Å². The molecule has 1 N–H and O–H groups in total. The number of carbonyl (C=O) groups is 1. The van der Waals surface area contributed by atoms with Crippen LogP contribution < -0.4 is 5.32 Å². The Balaban J connectivity index is 1.93. The average molecular weight is 375 g/mol. The van der Waals surface area contributed by atoms with Gasteiger partial charge in [-0.1, -0.05) is 53.5 Å². The van der Waals surface area contributed by atoms with E-state index in [0.717, 1.165) is 5.56 Å². The van der Waals surface area contributed by atoms with E-state index in [2.05, 4.69) is 5.32 Å². The second-order valence-electron chi connectivity index (χ2n) is 5.23. The van der Waals surface area contributed by atoms with Gasteiger partial charge in [-0.2, -0.15) is 0 Å². The summed E-state index contributed by atoms with van der Waals surface area (Å²) in [7, 11) is 0. The fourth-order valence-corrected chi connectivity index (χ4v) is 3.77. The van der Waals surface area contributed by atoms with E-state index in [1.165, 1.54) is 0 Å². The minimum Gasteiger partial charge on any atom is -0.324 e. The van der Waals surface area contributed by atoms with Gasteiger partial charge in [0.05, 0.1) is 10.7 Å². The van der Waals surface area contributed by atoms with Crippen LogP contribution in [0.25, 0.3) is 0 Å². The van der Waals surface area contributed by atoms with Crippen molar-refractivity contribution in [3.05, 3.63) is 64.1 Å². The van der Waals surface area contributed by atoms with E-state index in [-0.39, 0.29) is 5.91 Å². The van der Waals surface area contributed by atoms with Crippen molar-refractivity contribution in [2.75, 3.05) is 5.32 Å². The molecular formula is C16H11Cl4NO. The Morgan fingerprint density at radius 1 is 1.05 bits per heavy atom. The summed E-state index contributed by atoms with van der Waals surface area (Å²) in [5.41, 5.74) is 0.283. The average Bonchev–Trinajstić information content (AvgIpc) is 3.07. The summed E-state index contributed by atoms with van der Waals surface area (Å²) in [6.07, 6.45) is 0.351. The second kappa shape index (κ2) is 5.61. The smallest absolute Gasteiger partial charge is 0.238 e. The SMILES string of the molecule is O=C(Nc1ccc(Cl)cc1Cl)[C@]1(c2ccccc2)CC1(Cl)Cl. The summed E-state index contributed by atoms with van der Waals surface area (Å²) in [4.78, 5) is 12.8. The van der Waals surface area contributed by atoms with Crippen molar-refractivity contribution in [3.8, 4) is 0 Å². The first-order valence-corrected chi connectivity index (χ1v) is 8.08. The number of hydrogen-bond acceptors (Lipinski definition) is 1. The summed E-state index contributed by atoms with van der Waals surface area (Å²) >= 11 is 24.5. The Morgan fingerprint density at radius 2 is 1.68 bits per heavy atom. The molecule has 1 amide bonds. The Morgan fingerprint density at radius 3 is 2.23 bits per heavy atom. The maximum atomic E-state index is 12.8. The normalized spacial score (nSPS) is 22.2. The molecule has 0 bridgehead atoms. The summed E-state index contributed by atoms with van der Waals surface area (Å²) in [5.74, 6) is -0.284. The molecule has 1 aliphatic carbocycles. The van der Waals surface area contributed by atoms with Crippen LogP contribution in [0.5, 0.6) is 0 Å². The molecule has 2 nitrogen and oxygen atoms in total. The van der Waals surface area contributed by atoms with E-state index in [9.17, 15) is 4.79 Å². The third-order valence-electron chi connectivity index (χ3n) is 3.82. The molecule has 0 unspecified atom stereocenters. The van der Waals surface area contributed by atoms with Crippen LogP contribution in [0.15, 0.2) is 48.5 Å². The van der Waals surface area contributed by atoms with E-state index in [1.54, 1.807) is 18.2 Å². The summed E-state index contributed by atoms with van der Waals surface area (Å²) in [5, 5.41) is 3.65. The van der Waals surface area contributed by atoms with Gasteiger partial charge in [0.1, 0.15) is 9.75 Å². The zero-order valence-electron chi connectivity index (χ0n) is 11.2. The number of alkyl halides is 2. The monoisotopic (exact) mass is 373 g/mol. The summed E-state index contributed by atoms with van der Waals surface area (Å²) < 4.78 is -1.13. The molecule has 114 valence electrons. The lowest BCUT2D eigenvalue weighted by Gasteiger charge is -2.19. The molecule has 0 saturated heterocycles. The highest BCUT2D eigenvalue weighted by Crippen LogP contribution is 2.65. The predicted molar refractivity (Wildman–Crippen MR) is 92.3 cm³/mol. The Bertz CT molecular complexity index is 732. The van der Waals surface area contributed by atoms with Crippen LogP contribution >= 0.6 is 46.4 Å². The zero-order valence-corrected chi connectivity index (χ0v) is 14.3. The van der Waals surface area contributed by atoms with Crippen LogP contribution in [0.4, 0.5) is 5.69 Å². The molecular weight excluding hydrogens is 364 g/mol. The number of hydrogen-bond donors (Lipinski definition) is 1. The van der Waals surface area contributed by atoms with Crippen LogP contribution in [0.1, 0.15) is 12.0 Å². The third-order valence-corrected chi connectivity index (χ3v) is 5.28. The minimum absolute atomic E-state index is 0.284. The second-order valence-corrected chi connectivity index (χ2v) is 7.56. The zero-order chi connectivity index (χ0) is 16.0. The Hall–Kier alpha value is -0.930. The van der Waals surface area contributed by atoms with Gasteiger partial charge in [0, 0.05) is 11.4 Å². The number of amides is 1. The van der Waals surface area contributed by atoms with E-state index in [4.69, 9.17) is 46.4 Å². The van der Waals surface area contributed by atoms with Gasteiger partial charge in [-0.3, -0.25) is 4.79 Å². The van der Waals surface area contributed by atoms with Crippen LogP contribution in [0, 0.1) is 0 Å². The van der Waals surface area contributed by atoms with Gasteiger partial charge in [-0.15, -0.1) is 23.2 Å². The maximum absolute atomic E-state index is 12.8. The molecule has 6 heteroatoms. The molecule has 1 fully saturated rings. The first-order chi connectivity index (χ1) is 10.4. The fourth-order valence-electron chi connectivity index (χ4n) is 2.52. The molecule has 0 spiro atoms. The number of nitrogens with one attached hydrogen (secondary N) is 1. The number of anilines is 1. The van der Waals surface area contributed by atoms with Crippen LogP contribution in [0.3, 0.4) is 0 Å². The van der Waals surface area contributed by atoms with Gasteiger partial charge in [-0.05, 0) is 23.8 Å². The van der Waals surface area contributed by atoms with Crippen molar-refractivity contribution in [1.82, 2.24) is 0 Å². The minimum atomic E-state index is -1.13. The van der Waals surface area contributed by atoms with E-state index in [0.29, 0.717) is 22.2 Å². The van der Waals surface area contributed by atoms with Crippen molar-refractivity contribution in [2.24, 2.45) is 0 Å². The first-order valence-electron chi connectivity index (χ1n) is 6.57. The lowest BCUT2D eigenvalue weighted by molar-refractivity contribution is -0.118. The van der Waals surface area contributed by atoms with Crippen molar-refractivity contribution in [2.45, 2.75) is 16.2 Å². The van der Waals surface area contributed by atoms with Crippen molar-refractivity contribution >= 4 is 58.0 Å². The van der Waals surface area contributed by atoms with Gasteiger partial charge >= 0.3 is 0 Å². The number of rotatable bonds is 3. The first kappa shape index (κ1) is 15.9. The molecule has 0 aromatic heterocycles. The molecule has 22 heavy (non-hydrogen) atoms. The summed E-state index contributed by atoms with van der Waals surface area (Å²) in [6.45, 7) is 0. The highest BCUT2D eigenvalue weighted by molar-refractivity contribution is 6.54. The van der Waals surface area contributed by atoms with Crippen molar-refractivity contribution in [3.63, 3.8) is 0 Å². The fraction of sp³-hybridized carbons (Fsp3) is 0.188. The van der Waals surface area contributed by atoms with Crippen LogP contribution in [-0.2, 0) is 10.2 Å². The summed E-state index contributed by atoms with van der Waals surface area (Å²) in [6, 6.07) is 14.1. The maximum Gasteiger partial charge on any atom is 0.238 e. The largest absolute Gasteiger partial charge is 0.324 e. The molecule has 0 heterocycles. The van der Waals surface area contributed by atoms with Crippen molar-refractivity contribution in [1.29, 1.82) is 0 Å². The Kier molecular flexibility index (Phi) is 4.07. The van der Waals surface area contributed by atoms with Gasteiger partial charge in [0.15, 0.2) is 0 Å². The topological polar surface area (TPSA) is 29.1 Å². The van der Waals surface area contributed by atoms with Gasteiger partial charge in [0.2, 0.25) is 5.91 Å². The van der Waals surface area contributed by atoms with Gasteiger partial charge in [0.25, 0.3) is 0 Å². The van der Waals surface area contributed by atoms with E-state index >= 15 is 0 Å². The molecule has 0 radical (unpaired) electrons. The number of carbonyl (C=O) groups excluding carboxylic acids is 1. The number of benzene rings is 2. The predicted octanol–water partition coefficient (Wildman–Crippen LogP) is 5.45. The lowest BCUT2D eigenvalue weighted by atomic mass is 9.94. The Labute approximate surface area is 148 Å². The van der Waals surface area contributed by atoms with E-state index in [1.807, 2.05) is 30.3 Å². The standard InChI is InChI=1S/C16H11Cl4NO/c17-11-6-7-13(12(18)8-11)21-14(22)15(9-16(15,19)20)10-4-2-1-3-5-10/h1-8H,9H2,(H,21,22)/t15-/m1/s1. The number of halogens is 4. The highest BCUT2D eigenvalue weighted by atomic mass is 35.5. The third kappa shape index (κ3) is 2.59. The van der Waals surface area contributed by atoms with Crippen molar-refractivity contribution < 1.29 is 4.79 Å². The van der Waals surface area contributed by atoms with Crippen LogP contribution in [0.2, 0.25) is 10.0 Å². The highest BCUT2D eigenvalue weighted by Gasteiger charge is 2.72. The molecule has 2 aromatic carbocycles. The molecule has 3 rings (SSSR count). The molecule has 2 aromatic rings. The van der Waals surface area contributed by atoms with Gasteiger partial charge in [-0.25, -0.2) is 0 Å². The quantitative estimate of drug-likeness (QED) is 0.711. The molecule has 1 aliphatic rings. The lowest BCUT2D eigenvalue weighted by Crippen LogP contribution is -2.32. The molecule has 1 saturated carbocycles. The molecule has 0 aliphatic heterocycles.